The van der Waals surface area contributed by atoms with E-state index < -0.39 is 0 Å². The van der Waals surface area contributed by atoms with Gasteiger partial charge in [-0.3, -0.25) is 0 Å². The van der Waals surface area contributed by atoms with Gasteiger partial charge in [-0.2, -0.15) is 0 Å². The fraction of sp³-hybridized carbons (Fsp3) is 0.155. The SMILES string of the molecule is CC(C)(C)c1c2ccccc2c(-c2ccc3[se]c4c(-c5c6ccccc6c(C(C)(C)C)c6ccccc56)cccc4c3c2)c2ccccc12.Cc1c2ccccc2c(-c2ccc3[se]c4c(-c5c6ccccc6c(C)c6ccccc56)cccc4c3c2)c2ccccc12.c1ccc2c(C3CCCCC3)c3ccccc3c(-c3ccc4[se]c5c(-c6c7ccccc7c(C7CCCCC7)c7ccccc67)cccc5c4c3)c2c1. The predicted octanol–water partition coefficient (Wildman–Crippen LogP) is 40.3. The summed E-state index contributed by atoms with van der Waals surface area (Å²) in [4.78, 5) is 0. The fourth-order valence-corrected chi connectivity index (χ4v) is 34.4. The molecule has 0 bridgehead atoms. The monoisotopic (exact) mass is 2060 g/mol. The van der Waals surface area contributed by atoms with Crippen molar-refractivity contribution in [1.82, 2.24) is 0 Å². The molecule has 0 saturated heterocycles. The Morgan fingerprint density at radius 3 is 0.621 bits per heavy atom. The molecule has 0 unspecified atom stereocenters. The van der Waals surface area contributed by atoms with Crippen LogP contribution < -0.4 is 0 Å². The van der Waals surface area contributed by atoms with Crippen LogP contribution in [0.15, 0.2) is 400 Å². The Labute approximate surface area is 865 Å². The number of benzene rings is 24. The number of hydrogen-bond donors (Lipinski definition) is 0. The summed E-state index contributed by atoms with van der Waals surface area (Å²) in [7, 11) is 0. The molecular formula is C142H112Se3. The summed E-state index contributed by atoms with van der Waals surface area (Å²) in [6.07, 6.45) is 13.4. The summed E-state index contributed by atoms with van der Waals surface area (Å²) in [5.74, 6) is 1.29. The average molecular weight is 2060 g/mol. The molecule has 0 radical (unpaired) electrons. The van der Waals surface area contributed by atoms with E-state index in [0.717, 1.165) is 0 Å². The van der Waals surface area contributed by atoms with E-state index in [1.54, 1.807) is 11.1 Å². The van der Waals surface area contributed by atoms with Crippen LogP contribution in [0, 0.1) is 13.8 Å². The number of aryl methyl sites for hydroxylation is 2. The summed E-state index contributed by atoms with van der Waals surface area (Å²) < 4.78 is 8.98. The van der Waals surface area contributed by atoms with E-state index in [-0.39, 0.29) is 54.3 Å². The summed E-state index contributed by atoms with van der Waals surface area (Å²) in [5.41, 5.74) is 25.2. The van der Waals surface area contributed by atoms with Crippen molar-refractivity contribution in [3.63, 3.8) is 0 Å². The first-order chi connectivity index (χ1) is 71.1. The first-order valence-corrected chi connectivity index (χ1v) is 57.7. The summed E-state index contributed by atoms with van der Waals surface area (Å²) >= 11 is 0.647. The van der Waals surface area contributed by atoms with Gasteiger partial charge in [0.1, 0.15) is 0 Å². The normalized spacial score (nSPS) is 13.7. The maximum absolute atomic E-state index is 2.55. The van der Waals surface area contributed by atoms with Crippen molar-refractivity contribution in [1.29, 1.82) is 0 Å². The van der Waals surface area contributed by atoms with Crippen LogP contribution in [0.1, 0.15) is 151 Å². The third kappa shape index (κ3) is 14.8. The van der Waals surface area contributed by atoms with Gasteiger partial charge in [-0.15, -0.1) is 0 Å². The van der Waals surface area contributed by atoms with Gasteiger partial charge in [-0.1, -0.05) is 0 Å². The fourth-order valence-electron chi connectivity index (χ4n) is 26.8. The van der Waals surface area contributed by atoms with E-state index in [1.807, 2.05) is 0 Å². The van der Waals surface area contributed by atoms with Gasteiger partial charge in [0.25, 0.3) is 0 Å². The predicted molar refractivity (Wildman–Crippen MR) is 636 cm³/mol. The van der Waals surface area contributed by atoms with Gasteiger partial charge in [-0.05, 0) is 0 Å². The number of fused-ring (bicyclic) bond motifs is 21. The van der Waals surface area contributed by atoms with Gasteiger partial charge in [0.15, 0.2) is 0 Å². The van der Waals surface area contributed by atoms with Crippen LogP contribution in [-0.4, -0.2) is 43.5 Å². The molecule has 0 atom stereocenters. The standard InChI is InChI=1S/C52H44Se.C48H40Se.C42H28Se/c1-3-16-33(17-4-1)48-36-20-7-9-22-38(36)50(39-23-10-8-21-37(39)48)35-30-31-47-46(32-35)44-28-15-29-45(52(44)53-47)51-42-26-13-11-24-40(42)49(34-18-5-2-6-19-34)41-25-12-14-27-43(41)51;1-47(2,3)44-34-20-11-7-16-30(34)42(31-17-8-12-21-35(31)44)29-26-27-41-40(28-29)38-24-15-25-39(46(38)49-41)43-32-18-9-13-22-36(32)45(48(4,5)6)37-23-14-10-19-33(37)43;1-25-28-12-3-7-16-32(28)40(33-17-8-4-13-29(25)33)27-22-23-39-38(24-27)36-20-11-21-37(42(36)43-39)41-34-18-9-5-14-30(34)26(2)31-15-6-10-19-35(31)41/h7-15,20-34H,1-6,16-19H2;7-28H,1-6H3;3-24H,1-2H3. The summed E-state index contributed by atoms with van der Waals surface area (Å²) in [6.45, 7) is 18.6. The number of hydrogen-bond acceptors (Lipinski definition) is 0. The van der Waals surface area contributed by atoms with Crippen LogP contribution in [0.5, 0.6) is 0 Å². The molecule has 3 heterocycles. The zero-order valence-corrected chi connectivity index (χ0v) is 88.7. The molecule has 29 rings (SSSR count). The Morgan fingerprint density at radius 2 is 0.372 bits per heavy atom. The molecule has 2 aliphatic rings. The molecule has 2 saturated carbocycles. The van der Waals surface area contributed by atoms with Gasteiger partial charge in [-0.25, -0.2) is 0 Å². The molecule has 3 aromatic heterocycles. The van der Waals surface area contributed by atoms with E-state index in [0.29, 0.717) is 11.8 Å². The maximum atomic E-state index is 2.55. The van der Waals surface area contributed by atoms with Gasteiger partial charge >= 0.3 is 873 Å². The second-order valence-electron chi connectivity index (χ2n) is 43.3. The topological polar surface area (TPSA) is 0 Å². The minimum absolute atomic E-state index is 0.0202. The zero-order valence-electron chi connectivity index (χ0n) is 83.6. The van der Waals surface area contributed by atoms with Crippen molar-refractivity contribution < 1.29 is 0 Å². The first-order valence-electron chi connectivity index (χ1n) is 52.6. The Bertz CT molecular complexity index is 9690. The second-order valence-corrected chi connectivity index (χ2v) is 49.9. The number of rotatable bonds is 8. The van der Waals surface area contributed by atoms with Crippen molar-refractivity contribution in [3.8, 4) is 66.8 Å². The van der Waals surface area contributed by atoms with Gasteiger partial charge in [0.05, 0.1) is 0 Å². The van der Waals surface area contributed by atoms with Crippen molar-refractivity contribution in [3.05, 3.63) is 434 Å². The van der Waals surface area contributed by atoms with Crippen LogP contribution in [0.25, 0.3) is 254 Å². The van der Waals surface area contributed by atoms with E-state index in [2.05, 4.69) is 456 Å². The van der Waals surface area contributed by atoms with Gasteiger partial charge in [0, 0.05) is 0 Å². The Balaban J connectivity index is 0.000000109. The summed E-state index contributed by atoms with van der Waals surface area (Å²) in [5, 5.41) is 41.4. The van der Waals surface area contributed by atoms with Gasteiger partial charge in [0.2, 0.25) is 0 Å². The van der Waals surface area contributed by atoms with Crippen LogP contribution in [-0.2, 0) is 10.8 Å². The minimum atomic E-state index is 0.0202. The van der Waals surface area contributed by atoms with Crippen LogP contribution in [0.2, 0.25) is 0 Å². The molecular weight excluding hydrogens is 1940 g/mol. The molecule has 2 fully saturated rings. The molecule has 0 N–H and O–H groups in total. The zero-order chi connectivity index (χ0) is 97.2. The van der Waals surface area contributed by atoms with Crippen LogP contribution in [0.4, 0.5) is 0 Å². The Hall–Kier alpha value is -14.0. The van der Waals surface area contributed by atoms with Crippen LogP contribution >= 0.6 is 0 Å². The average Bonchev–Trinajstić information content (AvgIpc) is 1.57. The quantitative estimate of drug-likeness (QED) is 0.105. The van der Waals surface area contributed by atoms with Gasteiger partial charge < -0.3 is 0 Å². The van der Waals surface area contributed by atoms with E-state index in [1.165, 1.54) is 340 Å². The first kappa shape index (κ1) is 89.8. The van der Waals surface area contributed by atoms with E-state index in [4.69, 9.17) is 0 Å². The molecule has 24 aromatic carbocycles. The Kier molecular flexibility index (Phi) is 22.3. The van der Waals surface area contributed by atoms with Crippen molar-refractivity contribution in [2.75, 3.05) is 0 Å². The Morgan fingerprint density at radius 1 is 0.179 bits per heavy atom. The molecule has 0 nitrogen and oxygen atoms in total. The second kappa shape index (κ2) is 36.0. The van der Waals surface area contributed by atoms with Crippen molar-refractivity contribution in [2.24, 2.45) is 0 Å². The van der Waals surface area contributed by atoms with E-state index in [9.17, 15) is 0 Å². The molecule has 145 heavy (non-hydrogen) atoms. The molecule has 0 spiro atoms. The summed E-state index contributed by atoms with van der Waals surface area (Å²) in [6, 6.07) is 152. The molecule has 3 heteroatoms. The van der Waals surface area contributed by atoms with Crippen molar-refractivity contribution >= 4 is 231 Å². The molecule has 27 aromatic rings. The third-order valence-electron chi connectivity index (χ3n) is 32.9. The third-order valence-corrected chi connectivity index (χ3v) is 40.6. The molecule has 698 valence electrons. The van der Waals surface area contributed by atoms with Crippen LogP contribution in [0.3, 0.4) is 0 Å². The van der Waals surface area contributed by atoms with Crippen molar-refractivity contribution in [2.45, 2.75) is 142 Å². The van der Waals surface area contributed by atoms with E-state index >= 15 is 0 Å². The molecule has 0 amide bonds. The molecule has 0 aliphatic heterocycles. The molecule has 2 aliphatic carbocycles.